The normalized spacial score (nSPS) is 37.8. The van der Waals surface area contributed by atoms with Crippen LogP contribution in [-0.4, -0.2) is 86.0 Å². The number of likely N-dealkylation sites (tertiary alicyclic amines) is 1. The molecular weight excluding hydrogens is 348 g/mol. The summed E-state index contributed by atoms with van der Waals surface area (Å²) >= 11 is 0. The van der Waals surface area contributed by atoms with Gasteiger partial charge in [-0.1, -0.05) is 6.07 Å². The van der Waals surface area contributed by atoms with Crippen LogP contribution in [0.2, 0.25) is 0 Å². The molecule has 0 aromatic carbocycles. The molecule has 1 amide bonds. The van der Waals surface area contributed by atoms with Crippen LogP contribution in [0.15, 0.2) is 24.5 Å². The first kappa shape index (κ1) is 18.7. The Bertz CT molecular complexity index is 671. The number of hydrogen-bond donors (Lipinski definition) is 4. The minimum Gasteiger partial charge on any atom is -0.479 e. The maximum absolute atomic E-state index is 12.4. The molecule has 0 bridgehead atoms. The van der Waals surface area contributed by atoms with Gasteiger partial charge >= 0.3 is 5.97 Å². The molecule has 0 aliphatic carbocycles. The second-order valence-corrected chi connectivity index (χ2v) is 6.35. The van der Waals surface area contributed by atoms with Gasteiger partial charge in [-0.05, 0) is 11.6 Å². The molecule has 1 aromatic heterocycles. The molecule has 0 unspecified atom stereocenters. The number of ether oxygens (including phenoxy) is 2. The van der Waals surface area contributed by atoms with Crippen LogP contribution in [-0.2, 0) is 19.1 Å². The summed E-state index contributed by atoms with van der Waals surface area (Å²) in [6.45, 7) is 0. The first-order valence-corrected chi connectivity index (χ1v) is 8.05. The highest BCUT2D eigenvalue weighted by atomic mass is 16.7. The van der Waals surface area contributed by atoms with Crippen LogP contribution in [0.4, 0.5) is 0 Å². The molecule has 2 aliphatic rings. The van der Waals surface area contributed by atoms with Crippen molar-refractivity contribution in [3.8, 4) is 0 Å². The Morgan fingerprint density at radius 1 is 1.31 bits per heavy atom. The fourth-order valence-corrected chi connectivity index (χ4v) is 3.22. The third-order valence-corrected chi connectivity index (χ3v) is 4.71. The number of aliphatic hydroxyl groups is 3. The highest BCUT2D eigenvalue weighted by Crippen LogP contribution is 2.34. The first-order valence-electron chi connectivity index (χ1n) is 8.05. The SMILES string of the molecule is CN1C(=O)[C@H](O[C@@H]2O[C@H](C(=O)O)[C@@H](O)[C@H](O)[C@H]2O)C[C@H]1c1cccnc1. The van der Waals surface area contributed by atoms with Crippen molar-refractivity contribution in [2.75, 3.05) is 7.05 Å². The van der Waals surface area contributed by atoms with Crippen LogP contribution in [0.5, 0.6) is 0 Å². The van der Waals surface area contributed by atoms with Gasteiger partial charge in [0.25, 0.3) is 5.91 Å². The van der Waals surface area contributed by atoms with E-state index in [4.69, 9.17) is 14.6 Å². The summed E-state index contributed by atoms with van der Waals surface area (Å²) in [6.07, 6.45) is -6.15. The van der Waals surface area contributed by atoms with Crippen LogP contribution < -0.4 is 0 Å². The Morgan fingerprint density at radius 2 is 2.04 bits per heavy atom. The van der Waals surface area contributed by atoms with Crippen molar-refractivity contribution >= 4 is 11.9 Å². The van der Waals surface area contributed by atoms with E-state index in [0.29, 0.717) is 0 Å². The first-order chi connectivity index (χ1) is 12.3. The molecule has 0 saturated carbocycles. The molecule has 4 N–H and O–H groups in total. The average Bonchev–Trinajstić information content (AvgIpc) is 2.91. The fourth-order valence-electron chi connectivity index (χ4n) is 3.22. The van der Waals surface area contributed by atoms with Crippen molar-refractivity contribution in [1.29, 1.82) is 0 Å². The van der Waals surface area contributed by atoms with E-state index >= 15 is 0 Å². The molecule has 2 saturated heterocycles. The lowest BCUT2D eigenvalue weighted by atomic mass is 9.99. The summed E-state index contributed by atoms with van der Waals surface area (Å²) in [5.74, 6) is -1.89. The van der Waals surface area contributed by atoms with Crippen LogP contribution in [0.3, 0.4) is 0 Å². The second-order valence-electron chi connectivity index (χ2n) is 6.35. The molecule has 10 nitrogen and oxygen atoms in total. The molecular formula is C16H20N2O8. The summed E-state index contributed by atoms with van der Waals surface area (Å²) in [6, 6.07) is 3.26. The number of carboxylic acids is 1. The number of carbonyl (C=O) groups is 2. The van der Waals surface area contributed by atoms with Gasteiger partial charge in [0.15, 0.2) is 12.4 Å². The van der Waals surface area contributed by atoms with Gasteiger partial charge in [0.05, 0.1) is 6.04 Å². The van der Waals surface area contributed by atoms with E-state index in [9.17, 15) is 24.9 Å². The quantitative estimate of drug-likeness (QED) is 0.486. The third kappa shape index (κ3) is 3.29. The lowest BCUT2D eigenvalue weighted by Gasteiger charge is -2.39. The van der Waals surface area contributed by atoms with Gasteiger partial charge < -0.3 is 34.8 Å². The number of rotatable bonds is 4. The molecule has 7 atom stereocenters. The number of carboxylic acid groups (broad SMARTS) is 1. The zero-order chi connectivity index (χ0) is 19.0. The largest absolute Gasteiger partial charge is 0.479 e. The van der Waals surface area contributed by atoms with Crippen LogP contribution >= 0.6 is 0 Å². The zero-order valence-corrected chi connectivity index (χ0v) is 13.9. The Balaban J connectivity index is 1.73. The molecule has 0 radical (unpaired) electrons. The standard InChI is InChI=1S/C16H20N2O8/c1-18-8(7-3-2-4-17-6-7)5-9(14(18)22)25-16-12(21)10(19)11(20)13(26-16)15(23)24/h2-4,6,8-13,16,19-21H,5H2,1H3,(H,23,24)/t8-,9+,10-,11-,12+,13-,16+/m0/s1. The molecule has 10 heteroatoms. The number of hydrogen-bond acceptors (Lipinski definition) is 8. The number of aliphatic hydroxyl groups excluding tert-OH is 3. The number of carbonyl (C=O) groups excluding carboxylic acids is 1. The maximum Gasteiger partial charge on any atom is 0.335 e. The van der Waals surface area contributed by atoms with E-state index in [2.05, 4.69) is 4.98 Å². The lowest BCUT2D eigenvalue weighted by Crippen LogP contribution is -2.61. The van der Waals surface area contributed by atoms with Crippen molar-refractivity contribution in [2.24, 2.45) is 0 Å². The van der Waals surface area contributed by atoms with Gasteiger partial charge in [0.2, 0.25) is 0 Å². The van der Waals surface area contributed by atoms with Crippen LogP contribution in [0, 0.1) is 0 Å². The summed E-state index contributed by atoms with van der Waals surface area (Å²) in [5, 5.41) is 38.6. The molecule has 142 valence electrons. The number of likely N-dealkylation sites (N-methyl/N-ethyl adjacent to an activating group) is 1. The van der Waals surface area contributed by atoms with Gasteiger partial charge in [0.1, 0.15) is 24.4 Å². The number of aromatic nitrogens is 1. The highest BCUT2D eigenvalue weighted by Gasteiger charge is 2.50. The van der Waals surface area contributed by atoms with Crippen LogP contribution in [0.25, 0.3) is 0 Å². The molecule has 2 aliphatic heterocycles. The Morgan fingerprint density at radius 3 is 2.65 bits per heavy atom. The van der Waals surface area contributed by atoms with Crippen molar-refractivity contribution in [3.05, 3.63) is 30.1 Å². The van der Waals surface area contributed by atoms with Crippen molar-refractivity contribution in [1.82, 2.24) is 9.88 Å². The maximum atomic E-state index is 12.4. The average molecular weight is 368 g/mol. The topological polar surface area (TPSA) is 150 Å². The fraction of sp³-hybridized carbons (Fsp3) is 0.562. The summed E-state index contributed by atoms with van der Waals surface area (Å²) in [5.41, 5.74) is 0.804. The van der Waals surface area contributed by atoms with E-state index < -0.39 is 42.8 Å². The third-order valence-electron chi connectivity index (χ3n) is 4.71. The highest BCUT2D eigenvalue weighted by molar-refractivity contribution is 5.83. The Labute approximate surface area is 148 Å². The van der Waals surface area contributed by atoms with E-state index in [0.717, 1.165) is 5.56 Å². The summed E-state index contributed by atoms with van der Waals surface area (Å²) < 4.78 is 10.5. The minimum atomic E-state index is -1.81. The van der Waals surface area contributed by atoms with Gasteiger partial charge in [-0.2, -0.15) is 0 Å². The molecule has 3 heterocycles. The lowest BCUT2D eigenvalue weighted by molar-refractivity contribution is -0.301. The van der Waals surface area contributed by atoms with Crippen molar-refractivity contribution < 1.29 is 39.5 Å². The Kier molecular flexibility index (Phi) is 5.21. The molecule has 3 rings (SSSR count). The van der Waals surface area contributed by atoms with Crippen molar-refractivity contribution in [3.63, 3.8) is 0 Å². The van der Waals surface area contributed by atoms with Gasteiger partial charge in [-0.15, -0.1) is 0 Å². The predicted octanol–water partition coefficient (Wildman–Crippen LogP) is -1.74. The smallest absolute Gasteiger partial charge is 0.335 e. The summed E-state index contributed by atoms with van der Waals surface area (Å²) in [7, 11) is 1.60. The monoisotopic (exact) mass is 368 g/mol. The second kappa shape index (κ2) is 7.25. The number of pyridine rings is 1. The van der Waals surface area contributed by atoms with E-state index in [1.54, 1.807) is 25.5 Å². The number of aliphatic carboxylic acids is 1. The van der Waals surface area contributed by atoms with Gasteiger partial charge in [0, 0.05) is 25.9 Å². The minimum absolute atomic E-state index is 0.240. The van der Waals surface area contributed by atoms with Crippen molar-refractivity contribution in [2.45, 2.75) is 49.3 Å². The molecule has 26 heavy (non-hydrogen) atoms. The van der Waals surface area contributed by atoms with Gasteiger partial charge in [-0.25, -0.2) is 4.79 Å². The Hall–Kier alpha value is -2.11. The predicted molar refractivity (Wildman–Crippen MR) is 83.6 cm³/mol. The molecule has 2 fully saturated rings. The van der Waals surface area contributed by atoms with Crippen LogP contribution in [0.1, 0.15) is 18.0 Å². The zero-order valence-electron chi connectivity index (χ0n) is 13.9. The molecule has 1 aromatic rings. The molecule has 0 spiro atoms. The van der Waals surface area contributed by atoms with E-state index in [1.807, 2.05) is 6.07 Å². The van der Waals surface area contributed by atoms with E-state index in [-0.39, 0.29) is 18.4 Å². The number of amides is 1. The summed E-state index contributed by atoms with van der Waals surface area (Å²) in [4.78, 5) is 29.1. The van der Waals surface area contributed by atoms with Gasteiger partial charge in [-0.3, -0.25) is 9.78 Å². The number of nitrogens with zero attached hydrogens (tertiary/aromatic N) is 2. The van der Waals surface area contributed by atoms with E-state index in [1.165, 1.54) is 4.90 Å².